The standard InChI is InChI=1S/C26H25NO4/c1-30-23-13-11-18-7-2-3-8-19(18)20(23)12-14-24(28)27-16-6-15-26(17-27)22-10-5-4-9-21(22)25(29)31-26/h2-5,7-11,13H,6,12,14-17H2,1H3. The molecule has 1 atom stereocenters. The highest BCUT2D eigenvalue weighted by molar-refractivity contribution is 5.95. The molecule has 3 aromatic carbocycles. The van der Waals surface area contributed by atoms with E-state index in [4.69, 9.17) is 9.47 Å². The first kappa shape index (κ1) is 19.6. The number of carbonyl (C=O) groups excluding carboxylic acids is 2. The van der Waals surface area contributed by atoms with Crippen LogP contribution in [0.5, 0.6) is 5.75 Å². The fourth-order valence-electron chi connectivity index (χ4n) is 5.04. The molecule has 0 N–H and O–H groups in total. The molecule has 1 saturated heterocycles. The van der Waals surface area contributed by atoms with E-state index in [1.807, 2.05) is 47.4 Å². The highest BCUT2D eigenvalue weighted by atomic mass is 16.6. The van der Waals surface area contributed by atoms with Crippen LogP contribution in [0.3, 0.4) is 0 Å². The average Bonchev–Trinajstić information content (AvgIpc) is 3.08. The molecule has 1 amide bonds. The summed E-state index contributed by atoms with van der Waals surface area (Å²) < 4.78 is 11.4. The second-order valence-electron chi connectivity index (χ2n) is 8.32. The first-order chi connectivity index (χ1) is 15.1. The van der Waals surface area contributed by atoms with Gasteiger partial charge in [-0.2, -0.15) is 0 Å². The van der Waals surface area contributed by atoms with Crippen molar-refractivity contribution < 1.29 is 19.1 Å². The Morgan fingerprint density at radius 2 is 1.90 bits per heavy atom. The van der Waals surface area contributed by atoms with Gasteiger partial charge in [0.1, 0.15) is 5.75 Å². The summed E-state index contributed by atoms with van der Waals surface area (Å²) in [6, 6.07) is 19.7. The Bertz CT molecular complexity index is 1170. The molecular weight excluding hydrogens is 390 g/mol. The molecule has 0 bridgehead atoms. The van der Waals surface area contributed by atoms with Crippen molar-refractivity contribution in [1.82, 2.24) is 4.90 Å². The van der Waals surface area contributed by atoms with Crippen molar-refractivity contribution in [1.29, 1.82) is 0 Å². The van der Waals surface area contributed by atoms with Crippen LogP contribution < -0.4 is 4.74 Å². The Morgan fingerprint density at radius 3 is 2.77 bits per heavy atom. The number of likely N-dealkylation sites (tertiary alicyclic amines) is 1. The maximum absolute atomic E-state index is 13.2. The molecule has 0 saturated carbocycles. The molecule has 5 heteroatoms. The van der Waals surface area contributed by atoms with Gasteiger partial charge in [-0.05, 0) is 42.2 Å². The van der Waals surface area contributed by atoms with Gasteiger partial charge in [0, 0.05) is 24.1 Å². The van der Waals surface area contributed by atoms with E-state index in [0.717, 1.165) is 40.5 Å². The average molecular weight is 415 g/mol. The van der Waals surface area contributed by atoms with E-state index in [1.165, 1.54) is 0 Å². The number of esters is 1. The lowest BCUT2D eigenvalue weighted by Crippen LogP contribution is -2.48. The van der Waals surface area contributed by atoms with E-state index in [2.05, 4.69) is 12.1 Å². The van der Waals surface area contributed by atoms with Gasteiger partial charge in [0.2, 0.25) is 5.91 Å². The molecular formula is C26H25NO4. The Hall–Kier alpha value is -3.34. The Morgan fingerprint density at radius 1 is 1.10 bits per heavy atom. The summed E-state index contributed by atoms with van der Waals surface area (Å²) >= 11 is 0. The molecule has 2 heterocycles. The monoisotopic (exact) mass is 415 g/mol. The fourth-order valence-corrected chi connectivity index (χ4v) is 5.04. The van der Waals surface area contributed by atoms with Gasteiger partial charge in [0.15, 0.2) is 5.60 Å². The number of aryl methyl sites for hydroxylation is 1. The molecule has 0 aromatic heterocycles. The molecule has 2 aliphatic rings. The van der Waals surface area contributed by atoms with Crippen LogP contribution in [-0.2, 0) is 21.6 Å². The second-order valence-corrected chi connectivity index (χ2v) is 8.32. The number of benzene rings is 3. The van der Waals surface area contributed by atoms with E-state index in [0.29, 0.717) is 31.5 Å². The molecule has 1 fully saturated rings. The quantitative estimate of drug-likeness (QED) is 0.590. The third-order valence-electron chi connectivity index (χ3n) is 6.54. The van der Waals surface area contributed by atoms with Crippen molar-refractivity contribution >= 4 is 22.6 Å². The Balaban J connectivity index is 1.36. The summed E-state index contributed by atoms with van der Waals surface area (Å²) in [6.45, 7) is 1.11. The van der Waals surface area contributed by atoms with E-state index in [1.54, 1.807) is 13.2 Å². The minimum absolute atomic E-state index is 0.0782. The topological polar surface area (TPSA) is 55.8 Å². The van der Waals surface area contributed by atoms with E-state index in [9.17, 15) is 9.59 Å². The number of methoxy groups -OCH3 is 1. The molecule has 158 valence electrons. The van der Waals surface area contributed by atoms with Crippen LogP contribution in [0.25, 0.3) is 10.8 Å². The SMILES string of the molecule is COc1ccc2ccccc2c1CCC(=O)N1CCCC2(C1)OC(=O)c1ccccc12. The van der Waals surface area contributed by atoms with Crippen LogP contribution in [0, 0.1) is 0 Å². The van der Waals surface area contributed by atoms with Crippen LogP contribution in [0.2, 0.25) is 0 Å². The van der Waals surface area contributed by atoms with Crippen LogP contribution >= 0.6 is 0 Å². The Kier molecular flexibility index (Phi) is 4.89. The molecule has 3 aromatic rings. The molecule has 1 spiro atoms. The van der Waals surface area contributed by atoms with Crippen molar-refractivity contribution in [2.45, 2.75) is 31.3 Å². The lowest BCUT2D eigenvalue weighted by molar-refractivity contribution is -0.138. The van der Waals surface area contributed by atoms with E-state index < -0.39 is 5.60 Å². The van der Waals surface area contributed by atoms with Gasteiger partial charge in [0.05, 0.1) is 19.2 Å². The van der Waals surface area contributed by atoms with Crippen LogP contribution in [0.15, 0.2) is 60.7 Å². The highest BCUT2D eigenvalue weighted by Gasteiger charge is 2.48. The van der Waals surface area contributed by atoms with E-state index in [-0.39, 0.29) is 11.9 Å². The summed E-state index contributed by atoms with van der Waals surface area (Å²) in [4.78, 5) is 27.4. The van der Waals surface area contributed by atoms with Gasteiger partial charge in [-0.25, -0.2) is 4.79 Å². The summed E-state index contributed by atoms with van der Waals surface area (Å²) in [5.41, 5.74) is 1.88. The molecule has 0 aliphatic carbocycles. The van der Waals surface area contributed by atoms with Crippen molar-refractivity contribution in [3.63, 3.8) is 0 Å². The zero-order valence-electron chi connectivity index (χ0n) is 17.6. The van der Waals surface area contributed by atoms with Crippen molar-refractivity contribution in [3.05, 3.63) is 77.4 Å². The highest BCUT2D eigenvalue weighted by Crippen LogP contribution is 2.43. The number of fused-ring (bicyclic) bond motifs is 3. The predicted molar refractivity (Wildman–Crippen MR) is 118 cm³/mol. The van der Waals surface area contributed by atoms with Crippen LogP contribution in [-0.4, -0.2) is 37.0 Å². The number of rotatable bonds is 4. The number of piperidine rings is 1. The number of carbonyl (C=O) groups is 2. The largest absolute Gasteiger partial charge is 0.496 e. The number of nitrogens with zero attached hydrogens (tertiary/aromatic N) is 1. The lowest BCUT2D eigenvalue weighted by Gasteiger charge is -2.39. The van der Waals surface area contributed by atoms with Gasteiger partial charge in [-0.3, -0.25) is 4.79 Å². The van der Waals surface area contributed by atoms with Gasteiger partial charge >= 0.3 is 5.97 Å². The van der Waals surface area contributed by atoms with Crippen molar-refractivity contribution in [2.75, 3.05) is 20.2 Å². The zero-order valence-corrected chi connectivity index (χ0v) is 17.6. The van der Waals surface area contributed by atoms with E-state index >= 15 is 0 Å². The second kappa shape index (κ2) is 7.73. The lowest BCUT2D eigenvalue weighted by atomic mass is 9.85. The van der Waals surface area contributed by atoms with Gasteiger partial charge < -0.3 is 14.4 Å². The third-order valence-corrected chi connectivity index (χ3v) is 6.54. The number of hydrogen-bond donors (Lipinski definition) is 0. The first-order valence-corrected chi connectivity index (χ1v) is 10.8. The summed E-state index contributed by atoms with van der Waals surface area (Å²) in [5.74, 6) is 0.597. The third kappa shape index (κ3) is 3.34. The normalized spacial score (nSPS) is 20.0. The molecule has 31 heavy (non-hydrogen) atoms. The van der Waals surface area contributed by atoms with Crippen molar-refractivity contribution in [2.24, 2.45) is 0 Å². The maximum atomic E-state index is 13.2. The molecule has 2 aliphatic heterocycles. The smallest absolute Gasteiger partial charge is 0.339 e. The predicted octanol–water partition coefficient (Wildman–Crippen LogP) is 4.47. The molecule has 5 nitrogen and oxygen atoms in total. The molecule has 1 unspecified atom stereocenters. The minimum atomic E-state index is -0.710. The molecule has 0 radical (unpaired) electrons. The van der Waals surface area contributed by atoms with Crippen LogP contribution in [0.4, 0.5) is 0 Å². The summed E-state index contributed by atoms with van der Waals surface area (Å²) in [6.07, 6.45) is 2.54. The zero-order chi connectivity index (χ0) is 21.4. The number of amides is 1. The molecule has 5 rings (SSSR count). The Labute approximate surface area is 181 Å². The van der Waals surface area contributed by atoms with Gasteiger partial charge in [-0.1, -0.05) is 48.5 Å². The van der Waals surface area contributed by atoms with Gasteiger partial charge in [0.25, 0.3) is 0 Å². The number of hydrogen-bond acceptors (Lipinski definition) is 4. The summed E-state index contributed by atoms with van der Waals surface area (Å²) in [5, 5.41) is 2.25. The van der Waals surface area contributed by atoms with Crippen LogP contribution in [0.1, 0.15) is 40.7 Å². The van der Waals surface area contributed by atoms with Gasteiger partial charge in [-0.15, -0.1) is 0 Å². The van der Waals surface area contributed by atoms with Crippen molar-refractivity contribution in [3.8, 4) is 5.75 Å². The summed E-state index contributed by atoms with van der Waals surface area (Å²) in [7, 11) is 1.66. The first-order valence-electron chi connectivity index (χ1n) is 10.8. The minimum Gasteiger partial charge on any atom is -0.496 e. The number of ether oxygens (including phenoxy) is 2. The maximum Gasteiger partial charge on any atom is 0.339 e. The fraction of sp³-hybridized carbons (Fsp3) is 0.308.